The first-order chi connectivity index (χ1) is 8.60. The van der Waals surface area contributed by atoms with Gasteiger partial charge in [-0.1, -0.05) is 29.3 Å². The first kappa shape index (κ1) is 14.0. The molecule has 0 aliphatic rings. The quantitative estimate of drug-likeness (QED) is 0.580. The number of hydrogen-bond donors (Lipinski definition) is 0. The van der Waals surface area contributed by atoms with E-state index in [9.17, 15) is 0 Å². The molecule has 1 nitrogen and oxygen atoms in total. The summed E-state index contributed by atoms with van der Waals surface area (Å²) in [6.45, 7) is 0. The minimum atomic E-state index is 0.359. The molecule has 2 rings (SSSR count). The van der Waals surface area contributed by atoms with Gasteiger partial charge in [0.25, 0.3) is 0 Å². The molecule has 2 aromatic rings. The largest absolute Gasteiger partial charge is 0.456 e. The molecule has 18 heavy (non-hydrogen) atoms. The number of ether oxygens (including phenoxy) is 1. The second-order valence-corrected chi connectivity index (χ2v) is 5.56. The van der Waals surface area contributed by atoms with Crippen molar-refractivity contribution in [1.82, 2.24) is 0 Å². The van der Waals surface area contributed by atoms with Gasteiger partial charge in [-0.05, 0) is 46.3 Å². The molecular formula is C13H8BrCl3O. The predicted molar refractivity (Wildman–Crippen MR) is 80.2 cm³/mol. The molecule has 0 heterocycles. The van der Waals surface area contributed by atoms with Gasteiger partial charge in [-0.15, -0.1) is 11.6 Å². The highest BCUT2D eigenvalue weighted by Gasteiger charge is 2.08. The normalized spacial score (nSPS) is 10.4. The van der Waals surface area contributed by atoms with Crippen LogP contribution in [0.15, 0.2) is 40.9 Å². The van der Waals surface area contributed by atoms with E-state index in [1.54, 1.807) is 30.3 Å². The minimum absolute atomic E-state index is 0.359. The third kappa shape index (κ3) is 3.33. The van der Waals surface area contributed by atoms with Gasteiger partial charge in [-0.3, -0.25) is 0 Å². The lowest BCUT2D eigenvalue weighted by molar-refractivity contribution is 0.475. The van der Waals surface area contributed by atoms with Gasteiger partial charge in [0.15, 0.2) is 0 Å². The maximum atomic E-state index is 5.95. The van der Waals surface area contributed by atoms with Crippen LogP contribution in [0.4, 0.5) is 0 Å². The molecule has 0 saturated carbocycles. The second-order valence-electron chi connectivity index (χ2n) is 3.56. The van der Waals surface area contributed by atoms with Crippen LogP contribution in [0.5, 0.6) is 11.5 Å². The minimum Gasteiger partial charge on any atom is -0.456 e. The molecule has 94 valence electrons. The van der Waals surface area contributed by atoms with Gasteiger partial charge in [0.05, 0.1) is 10.4 Å². The predicted octanol–water partition coefficient (Wildman–Crippen LogP) is 6.29. The fourth-order valence-corrected chi connectivity index (χ4v) is 2.56. The van der Waals surface area contributed by atoms with E-state index in [0.29, 0.717) is 27.4 Å². The number of rotatable bonds is 3. The van der Waals surface area contributed by atoms with E-state index in [-0.39, 0.29) is 0 Å². The Balaban J connectivity index is 2.36. The third-order valence-corrected chi connectivity index (χ3v) is 3.66. The first-order valence-corrected chi connectivity index (χ1v) is 7.16. The Morgan fingerprint density at radius 3 is 2.28 bits per heavy atom. The molecule has 0 amide bonds. The number of hydrogen-bond acceptors (Lipinski definition) is 1. The molecule has 5 heteroatoms. The van der Waals surface area contributed by atoms with Crippen molar-refractivity contribution in [3.63, 3.8) is 0 Å². The fourth-order valence-electron chi connectivity index (χ4n) is 1.41. The molecule has 0 spiro atoms. The Bertz CT molecular complexity index is 572. The SMILES string of the molecule is ClCc1ccc(Cl)cc1Oc1ccc(Cl)cc1Br. The van der Waals surface area contributed by atoms with Gasteiger partial charge in [-0.2, -0.15) is 0 Å². The molecule has 0 saturated heterocycles. The summed E-state index contributed by atoms with van der Waals surface area (Å²) in [5, 5.41) is 1.24. The van der Waals surface area contributed by atoms with Gasteiger partial charge in [0, 0.05) is 15.6 Å². The molecule has 0 N–H and O–H groups in total. The van der Waals surface area contributed by atoms with Crippen molar-refractivity contribution in [2.24, 2.45) is 0 Å². The molecule has 0 unspecified atom stereocenters. The molecular weight excluding hydrogens is 358 g/mol. The van der Waals surface area contributed by atoms with Crippen LogP contribution in [0, 0.1) is 0 Å². The summed E-state index contributed by atoms with van der Waals surface area (Å²) in [4.78, 5) is 0. The van der Waals surface area contributed by atoms with Crippen LogP contribution in [0.1, 0.15) is 5.56 Å². The van der Waals surface area contributed by atoms with Gasteiger partial charge in [0.2, 0.25) is 0 Å². The lowest BCUT2D eigenvalue weighted by atomic mass is 10.2. The zero-order valence-electron chi connectivity index (χ0n) is 9.09. The van der Waals surface area contributed by atoms with Crippen molar-refractivity contribution in [1.29, 1.82) is 0 Å². The van der Waals surface area contributed by atoms with Crippen LogP contribution in [-0.2, 0) is 5.88 Å². The molecule has 0 fully saturated rings. The van der Waals surface area contributed by atoms with E-state index in [0.717, 1.165) is 10.0 Å². The Labute approximate surface area is 129 Å². The van der Waals surface area contributed by atoms with Crippen LogP contribution in [-0.4, -0.2) is 0 Å². The second kappa shape index (κ2) is 6.16. The zero-order valence-corrected chi connectivity index (χ0v) is 12.9. The zero-order chi connectivity index (χ0) is 13.1. The molecule has 0 atom stereocenters. The summed E-state index contributed by atoms with van der Waals surface area (Å²) in [5.74, 6) is 1.66. The van der Waals surface area contributed by atoms with Crippen LogP contribution >= 0.6 is 50.7 Å². The Morgan fingerprint density at radius 1 is 0.944 bits per heavy atom. The maximum Gasteiger partial charge on any atom is 0.141 e. The van der Waals surface area contributed by atoms with Crippen molar-refractivity contribution < 1.29 is 4.74 Å². The molecule has 0 aromatic heterocycles. The highest BCUT2D eigenvalue weighted by molar-refractivity contribution is 9.10. The smallest absolute Gasteiger partial charge is 0.141 e. The number of benzene rings is 2. The van der Waals surface area contributed by atoms with E-state index in [1.165, 1.54) is 0 Å². The van der Waals surface area contributed by atoms with Crippen molar-refractivity contribution in [2.45, 2.75) is 5.88 Å². The molecule has 2 aromatic carbocycles. The Morgan fingerprint density at radius 2 is 1.61 bits per heavy atom. The van der Waals surface area contributed by atoms with E-state index in [2.05, 4.69) is 15.9 Å². The molecule has 0 aliphatic heterocycles. The van der Waals surface area contributed by atoms with Crippen LogP contribution in [0.3, 0.4) is 0 Å². The highest BCUT2D eigenvalue weighted by Crippen LogP contribution is 2.34. The monoisotopic (exact) mass is 364 g/mol. The van der Waals surface area contributed by atoms with E-state index in [4.69, 9.17) is 39.5 Å². The highest BCUT2D eigenvalue weighted by atomic mass is 79.9. The molecule has 0 bridgehead atoms. The molecule has 0 radical (unpaired) electrons. The van der Waals surface area contributed by atoms with Gasteiger partial charge >= 0.3 is 0 Å². The average molecular weight is 366 g/mol. The summed E-state index contributed by atoms with van der Waals surface area (Å²) >= 11 is 21.1. The maximum absolute atomic E-state index is 5.95. The van der Waals surface area contributed by atoms with Crippen molar-refractivity contribution in [3.8, 4) is 11.5 Å². The lowest BCUT2D eigenvalue weighted by Gasteiger charge is -2.11. The molecule has 0 aliphatic carbocycles. The Hall–Kier alpha value is -0.410. The number of alkyl halides is 1. The third-order valence-electron chi connectivity index (χ3n) is 2.29. The summed E-state index contributed by atoms with van der Waals surface area (Å²) in [7, 11) is 0. The van der Waals surface area contributed by atoms with E-state index >= 15 is 0 Å². The van der Waals surface area contributed by atoms with Crippen LogP contribution in [0.25, 0.3) is 0 Å². The van der Waals surface area contributed by atoms with Gasteiger partial charge in [0.1, 0.15) is 11.5 Å². The van der Waals surface area contributed by atoms with Crippen molar-refractivity contribution in [3.05, 3.63) is 56.5 Å². The van der Waals surface area contributed by atoms with E-state index in [1.807, 2.05) is 6.07 Å². The van der Waals surface area contributed by atoms with Crippen LogP contribution in [0.2, 0.25) is 10.0 Å². The number of halogens is 4. The lowest BCUT2D eigenvalue weighted by Crippen LogP contribution is -1.90. The van der Waals surface area contributed by atoms with Crippen molar-refractivity contribution >= 4 is 50.7 Å². The summed E-state index contributed by atoms with van der Waals surface area (Å²) in [6.07, 6.45) is 0. The Kier molecular flexibility index (Phi) is 4.79. The van der Waals surface area contributed by atoms with E-state index < -0.39 is 0 Å². The first-order valence-electron chi connectivity index (χ1n) is 5.07. The fraction of sp³-hybridized carbons (Fsp3) is 0.0769. The summed E-state index contributed by atoms with van der Waals surface area (Å²) in [6, 6.07) is 10.7. The summed E-state index contributed by atoms with van der Waals surface area (Å²) < 4.78 is 6.57. The summed E-state index contributed by atoms with van der Waals surface area (Å²) in [5.41, 5.74) is 0.878. The van der Waals surface area contributed by atoms with Gasteiger partial charge in [-0.25, -0.2) is 0 Å². The van der Waals surface area contributed by atoms with Crippen LogP contribution < -0.4 is 4.74 Å². The van der Waals surface area contributed by atoms with Crippen molar-refractivity contribution in [2.75, 3.05) is 0 Å². The van der Waals surface area contributed by atoms with Gasteiger partial charge < -0.3 is 4.74 Å². The average Bonchev–Trinajstić information content (AvgIpc) is 2.33. The standard InChI is InChI=1S/C13H8BrCl3O/c14-11-5-9(16)3-4-12(11)18-13-6-10(17)2-1-8(13)7-15/h1-6H,7H2. The topological polar surface area (TPSA) is 9.23 Å².